The molecule has 0 fully saturated rings. The highest BCUT2D eigenvalue weighted by Crippen LogP contribution is 2.38. The Balaban J connectivity index is 1.45. The molecule has 0 spiro atoms. The third kappa shape index (κ3) is 5.55. The number of phenolic OH excluding ortho intramolecular Hbond substituents is 2. The van der Waals surface area contributed by atoms with Gasteiger partial charge in [-0.3, -0.25) is 4.57 Å². The van der Waals surface area contributed by atoms with Crippen LogP contribution in [0.5, 0.6) is 23.3 Å². The molecule has 4 aromatic rings. The van der Waals surface area contributed by atoms with Crippen LogP contribution in [0.15, 0.2) is 60.7 Å². The van der Waals surface area contributed by atoms with Crippen LogP contribution in [-0.4, -0.2) is 37.2 Å². The minimum absolute atomic E-state index is 0.0210. The molecular formula is C27H30N4O4. The van der Waals surface area contributed by atoms with Crippen LogP contribution in [0.1, 0.15) is 42.0 Å². The molecule has 0 aliphatic carbocycles. The van der Waals surface area contributed by atoms with E-state index in [1.54, 1.807) is 13.2 Å². The second-order valence-corrected chi connectivity index (χ2v) is 8.76. The van der Waals surface area contributed by atoms with Gasteiger partial charge in [-0.2, -0.15) is 0 Å². The van der Waals surface area contributed by atoms with E-state index in [-0.39, 0.29) is 23.4 Å². The van der Waals surface area contributed by atoms with Crippen molar-refractivity contribution in [1.82, 2.24) is 20.1 Å². The van der Waals surface area contributed by atoms with E-state index in [1.807, 2.05) is 62.4 Å². The van der Waals surface area contributed by atoms with Crippen LogP contribution in [0.4, 0.5) is 0 Å². The Bertz CT molecular complexity index is 1280. The van der Waals surface area contributed by atoms with Crippen molar-refractivity contribution in [3.05, 3.63) is 82.9 Å². The average molecular weight is 475 g/mol. The predicted molar refractivity (Wildman–Crippen MR) is 134 cm³/mol. The Morgan fingerprint density at radius 1 is 0.829 bits per heavy atom. The fraction of sp³-hybridized carbons (Fsp3) is 0.259. The van der Waals surface area contributed by atoms with E-state index >= 15 is 0 Å². The molecule has 0 radical (unpaired) electrons. The number of phenols is 2. The Kier molecular flexibility index (Phi) is 7.22. The van der Waals surface area contributed by atoms with Gasteiger partial charge in [0, 0.05) is 19.2 Å². The fourth-order valence-electron chi connectivity index (χ4n) is 3.91. The van der Waals surface area contributed by atoms with Crippen molar-refractivity contribution in [1.29, 1.82) is 0 Å². The Morgan fingerprint density at radius 2 is 1.43 bits per heavy atom. The number of hydrogen-bond donors (Lipinski definition) is 4. The second kappa shape index (κ2) is 10.5. The Labute approximate surface area is 204 Å². The molecule has 0 bridgehead atoms. The lowest BCUT2D eigenvalue weighted by Crippen LogP contribution is -2.12. The average Bonchev–Trinajstić information content (AvgIpc) is 3.20. The summed E-state index contributed by atoms with van der Waals surface area (Å²) in [6.45, 7) is 5.69. The monoisotopic (exact) mass is 474 g/mol. The zero-order valence-corrected chi connectivity index (χ0v) is 20.1. The van der Waals surface area contributed by atoms with Crippen molar-refractivity contribution in [3.63, 3.8) is 0 Å². The smallest absolute Gasteiger partial charge is 0.315 e. The standard InChI is InChI=1S/C27H30N4O4/c1-17(2)22-12-23(25(33)13-24(22)32)26-29-30-27(34)31(26)16-20-6-4-18(5-7-20)14-28-15-19-8-10-21(35-3)11-9-19/h4-13,17,28,32-33H,14-16H2,1-3H3,(H,30,34). The summed E-state index contributed by atoms with van der Waals surface area (Å²) in [4.78, 5) is 0. The lowest BCUT2D eigenvalue weighted by Gasteiger charge is -2.14. The topological polar surface area (TPSA) is 113 Å². The lowest BCUT2D eigenvalue weighted by atomic mass is 9.98. The molecule has 8 nitrogen and oxygen atoms in total. The summed E-state index contributed by atoms with van der Waals surface area (Å²) < 4.78 is 6.72. The second-order valence-electron chi connectivity index (χ2n) is 8.76. The van der Waals surface area contributed by atoms with E-state index < -0.39 is 0 Å². The molecule has 0 atom stereocenters. The van der Waals surface area contributed by atoms with Gasteiger partial charge in [-0.25, -0.2) is 0 Å². The fourth-order valence-corrected chi connectivity index (χ4v) is 3.91. The quantitative estimate of drug-likeness (QED) is 0.282. The first-order valence-corrected chi connectivity index (χ1v) is 11.5. The van der Waals surface area contributed by atoms with E-state index in [2.05, 4.69) is 15.5 Å². The van der Waals surface area contributed by atoms with Crippen molar-refractivity contribution in [2.24, 2.45) is 0 Å². The molecule has 3 aromatic carbocycles. The van der Waals surface area contributed by atoms with Gasteiger partial charge in [0.15, 0.2) is 5.82 Å². The molecule has 35 heavy (non-hydrogen) atoms. The van der Waals surface area contributed by atoms with Crippen molar-refractivity contribution in [2.45, 2.75) is 39.4 Å². The van der Waals surface area contributed by atoms with Crippen molar-refractivity contribution in [2.75, 3.05) is 7.11 Å². The Morgan fingerprint density at radius 3 is 2.03 bits per heavy atom. The van der Waals surface area contributed by atoms with E-state index in [9.17, 15) is 15.3 Å². The lowest BCUT2D eigenvalue weighted by molar-refractivity contribution is 0.404. The molecule has 0 unspecified atom stereocenters. The maximum atomic E-state index is 10.4. The van der Waals surface area contributed by atoms with Crippen molar-refractivity contribution in [3.8, 4) is 34.6 Å². The number of ether oxygens (including phenoxy) is 1. The number of hydrogen-bond acceptors (Lipinski definition) is 7. The van der Waals surface area contributed by atoms with Gasteiger partial charge in [-0.1, -0.05) is 55.3 Å². The molecule has 0 saturated heterocycles. The maximum Gasteiger partial charge on any atom is 0.315 e. The van der Waals surface area contributed by atoms with Crippen LogP contribution in [-0.2, 0) is 19.6 Å². The first kappa shape index (κ1) is 24.1. The number of benzene rings is 3. The van der Waals surface area contributed by atoms with Crippen LogP contribution in [0, 0.1) is 0 Å². The Hall–Kier alpha value is -4.04. The SMILES string of the molecule is COc1ccc(CNCc2ccc(Cn3c(O)nnc3-c3cc(C(C)C)c(O)cc3O)cc2)cc1. The van der Waals surface area contributed by atoms with E-state index in [0.717, 1.165) is 30.0 Å². The third-order valence-electron chi connectivity index (χ3n) is 5.92. The molecule has 8 heteroatoms. The molecule has 0 saturated carbocycles. The van der Waals surface area contributed by atoms with Crippen LogP contribution in [0.25, 0.3) is 11.4 Å². The molecule has 4 rings (SSSR count). The minimum Gasteiger partial charge on any atom is -0.508 e. The number of rotatable bonds is 9. The number of methoxy groups -OCH3 is 1. The van der Waals surface area contributed by atoms with E-state index in [1.165, 1.54) is 16.2 Å². The highest BCUT2D eigenvalue weighted by molar-refractivity contribution is 5.68. The molecule has 1 aromatic heterocycles. The van der Waals surface area contributed by atoms with Gasteiger partial charge in [0.2, 0.25) is 0 Å². The highest BCUT2D eigenvalue weighted by atomic mass is 16.5. The van der Waals surface area contributed by atoms with Crippen molar-refractivity contribution >= 4 is 0 Å². The summed E-state index contributed by atoms with van der Waals surface area (Å²) in [5.41, 5.74) is 4.34. The largest absolute Gasteiger partial charge is 0.508 e. The van der Waals surface area contributed by atoms with E-state index in [0.29, 0.717) is 23.5 Å². The van der Waals surface area contributed by atoms with Gasteiger partial charge >= 0.3 is 6.01 Å². The van der Waals surface area contributed by atoms with Gasteiger partial charge in [0.1, 0.15) is 17.2 Å². The molecule has 0 aliphatic rings. The molecular weight excluding hydrogens is 444 g/mol. The van der Waals surface area contributed by atoms with Gasteiger partial charge in [0.05, 0.1) is 19.2 Å². The summed E-state index contributed by atoms with van der Waals surface area (Å²) in [5.74, 6) is 1.11. The molecule has 0 aliphatic heterocycles. The molecule has 182 valence electrons. The summed E-state index contributed by atoms with van der Waals surface area (Å²) in [6.07, 6.45) is 0. The predicted octanol–water partition coefficient (Wildman–Crippen LogP) is 4.53. The zero-order chi connectivity index (χ0) is 24.9. The van der Waals surface area contributed by atoms with Gasteiger partial charge in [-0.05, 0) is 46.4 Å². The molecule has 1 heterocycles. The van der Waals surface area contributed by atoms with Gasteiger partial charge in [-0.15, -0.1) is 5.10 Å². The number of nitrogens with one attached hydrogen (secondary N) is 1. The van der Waals surface area contributed by atoms with Crippen LogP contribution >= 0.6 is 0 Å². The van der Waals surface area contributed by atoms with Gasteiger partial charge < -0.3 is 25.4 Å². The zero-order valence-electron chi connectivity index (χ0n) is 20.1. The summed E-state index contributed by atoms with van der Waals surface area (Å²) in [7, 11) is 1.66. The van der Waals surface area contributed by atoms with Crippen molar-refractivity contribution < 1.29 is 20.1 Å². The number of nitrogens with zero attached hydrogens (tertiary/aromatic N) is 3. The van der Waals surface area contributed by atoms with Crippen LogP contribution in [0.2, 0.25) is 0 Å². The third-order valence-corrected chi connectivity index (χ3v) is 5.92. The van der Waals surface area contributed by atoms with Crippen LogP contribution in [0.3, 0.4) is 0 Å². The number of aromatic nitrogens is 3. The maximum absolute atomic E-state index is 10.4. The first-order valence-electron chi connectivity index (χ1n) is 11.5. The normalized spacial score (nSPS) is 11.2. The van der Waals surface area contributed by atoms with Crippen LogP contribution < -0.4 is 10.1 Å². The summed E-state index contributed by atoms with van der Waals surface area (Å²) >= 11 is 0. The summed E-state index contributed by atoms with van der Waals surface area (Å²) in [6, 6.07) is 18.8. The van der Waals surface area contributed by atoms with Gasteiger partial charge in [0.25, 0.3) is 0 Å². The van der Waals surface area contributed by atoms with E-state index in [4.69, 9.17) is 4.74 Å². The first-order chi connectivity index (χ1) is 16.9. The molecule has 0 amide bonds. The molecule has 4 N–H and O–H groups in total. The highest BCUT2D eigenvalue weighted by Gasteiger charge is 2.20. The number of aromatic hydroxyl groups is 3. The summed E-state index contributed by atoms with van der Waals surface area (Å²) in [5, 5.41) is 42.2. The minimum atomic E-state index is -0.246.